The van der Waals surface area contributed by atoms with E-state index in [1.165, 1.54) is 10.4 Å². The van der Waals surface area contributed by atoms with Crippen LogP contribution in [-0.4, -0.2) is 4.98 Å². The molecule has 0 amide bonds. The minimum Gasteiger partial charge on any atom is -0.486 e. The molecular formula is C15H19NOS2. The van der Waals surface area contributed by atoms with Crippen molar-refractivity contribution in [3.05, 3.63) is 45.4 Å². The second kappa shape index (κ2) is 6.44. The third-order valence-electron chi connectivity index (χ3n) is 2.97. The van der Waals surface area contributed by atoms with Crippen LogP contribution in [0.15, 0.2) is 24.3 Å². The van der Waals surface area contributed by atoms with Crippen molar-refractivity contribution in [1.82, 2.24) is 4.98 Å². The normalized spacial score (nSPS) is 11.0. The molecular weight excluding hydrogens is 274 g/mol. The van der Waals surface area contributed by atoms with Crippen LogP contribution in [0.5, 0.6) is 5.75 Å². The molecule has 0 aliphatic rings. The van der Waals surface area contributed by atoms with Crippen LogP contribution in [0.4, 0.5) is 0 Å². The monoisotopic (exact) mass is 293 g/mol. The SMILES string of the molecule is Cc1nc(COc2ccccc2C(C)C)sc1CS. The van der Waals surface area contributed by atoms with E-state index in [0.717, 1.165) is 22.2 Å². The second-order valence-electron chi connectivity index (χ2n) is 4.76. The predicted octanol–water partition coefficient (Wildman–Crippen LogP) is 4.58. The van der Waals surface area contributed by atoms with Crippen LogP contribution in [0.25, 0.3) is 0 Å². The minimum absolute atomic E-state index is 0.460. The minimum atomic E-state index is 0.460. The van der Waals surface area contributed by atoms with Crippen LogP contribution < -0.4 is 4.74 Å². The van der Waals surface area contributed by atoms with E-state index in [1.807, 2.05) is 19.1 Å². The maximum atomic E-state index is 5.92. The maximum Gasteiger partial charge on any atom is 0.140 e. The van der Waals surface area contributed by atoms with Gasteiger partial charge in [-0.05, 0) is 24.5 Å². The predicted molar refractivity (Wildman–Crippen MR) is 84.4 cm³/mol. The standard InChI is InChI=1S/C15H19NOS2/c1-10(2)12-6-4-5-7-13(12)17-8-15-16-11(3)14(9-18)19-15/h4-7,10,18H,8-9H2,1-3H3. The molecule has 0 N–H and O–H groups in total. The number of benzene rings is 1. The number of ether oxygens (including phenoxy) is 1. The van der Waals surface area contributed by atoms with Gasteiger partial charge in [0.25, 0.3) is 0 Å². The molecule has 102 valence electrons. The summed E-state index contributed by atoms with van der Waals surface area (Å²) < 4.78 is 5.92. The van der Waals surface area contributed by atoms with E-state index < -0.39 is 0 Å². The molecule has 0 aliphatic heterocycles. The molecule has 1 aromatic heterocycles. The zero-order chi connectivity index (χ0) is 13.8. The number of nitrogens with zero attached hydrogens (tertiary/aromatic N) is 1. The van der Waals surface area contributed by atoms with E-state index in [9.17, 15) is 0 Å². The average molecular weight is 293 g/mol. The van der Waals surface area contributed by atoms with E-state index in [-0.39, 0.29) is 0 Å². The van der Waals surface area contributed by atoms with E-state index in [4.69, 9.17) is 4.74 Å². The summed E-state index contributed by atoms with van der Waals surface area (Å²) in [4.78, 5) is 5.74. The highest BCUT2D eigenvalue weighted by Crippen LogP contribution is 2.27. The van der Waals surface area contributed by atoms with Crippen molar-refractivity contribution >= 4 is 24.0 Å². The summed E-state index contributed by atoms with van der Waals surface area (Å²) in [5.74, 6) is 2.16. The van der Waals surface area contributed by atoms with Crippen LogP contribution >= 0.6 is 24.0 Å². The van der Waals surface area contributed by atoms with Crippen molar-refractivity contribution < 1.29 is 4.74 Å². The number of thiol groups is 1. The number of aryl methyl sites for hydroxylation is 1. The number of hydrogen-bond acceptors (Lipinski definition) is 4. The van der Waals surface area contributed by atoms with E-state index in [2.05, 4.69) is 43.6 Å². The molecule has 19 heavy (non-hydrogen) atoms. The molecule has 0 atom stereocenters. The van der Waals surface area contributed by atoms with Gasteiger partial charge in [0, 0.05) is 10.6 Å². The van der Waals surface area contributed by atoms with E-state index >= 15 is 0 Å². The smallest absolute Gasteiger partial charge is 0.140 e. The molecule has 2 nitrogen and oxygen atoms in total. The van der Waals surface area contributed by atoms with Gasteiger partial charge in [0.1, 0.15) is 17.4 Å². The van der Waals surface area contributed by atoms with Gasteiger partial charge in [0.2, 0.25) is 0 Å². The first-order valence-electron chi connectivity index (χ1n) is 6.39. The lowest BCUT2D eigenvalue weighted by molar-refractivity contribution is 0.301. The van der Waals surface area contributed by atoms with Crippen LogP contribution in [0, 0.1) is 6.92 Å². The van der Waals surface area contributed by atoms with Crippen LogP contribution in [0.3, 0.4) is 0 Å². The lowest BCUT2D eigenvalue weighted by Gasteiger charge is -2.12. The molecule has 1 heterocycles. The Morgan fingerprint density at radius 2 is 2.05 bits per heavy atom. The van der Waals surface area contributed by atoms with Gasteiger partial charge in [-0.2, -0.15) is 12.6 Å². The maximum absolute atomic E-state index is 5.92. The van der Waals surface area contributed by atoms with Crippen LogP contribution in [0.1, 0.15) is 40.9 Å². The van der Waals surface area contributed by atoms with E-state index in [1.54, 1.807) is 11.3 Å². The molecule has 0 unspecified atom stereocenters. The summed E-state index contributed by atoms with van der Waals surface area (Å²) in [6, 6.07) is 8.20. The Balaban J connectivity index is 2.10. The first-order chi connectivity index (χ1) is 9.11. The Morgan fingerprint density at radius 1 is 1.32 bits per heavy atom. The third kappa shape index (κ3) is 3.51. The molecule has 0 bridgehead atoms. The highest BCUT2D eigenvalue weighted by molar-refractivity contribution is 7.79. The lowest BCUT2D eigenvalue weighted by Crippen LogP contribution is -1.99. The van der Waals surface area contributed by atoms with Crippen molar-refractivity contribution in [3.8, 4) is 5.75 Å². The van der Waals surface area contributed by atoms with Crippen LogP contribution in [-0.2, 0) is 12.4 Å². The van der Waals surface area contributed by atoms with Gasteiger partial charge in [0.15, 0.2) is 0 Å². The topological polar surface area (TPSA) is 22.1 Å². The Labute approximate surface area is 124 Å². The van der Waals surface area contributed by atoms with Crippen molar-refractivity contribution in [3.63, 3.8) is 0 Å². The highest BCUT2D eigenvalue weighted by atomic mass is 32.1. The number of hydrogen-bond donors (Lipinski definition) is 1. The molecule has 4 heteroatoms. The average Bonchev–Trinajstić information content (AvgIpc) is 2.77. The fraction of sp³-hybridized carbons (Fsp3) is 0.400. The van der Waals surface area contributed by atoms with Gasteiger partial charge < -0.3 is 4.74 Å². The molecule has 1 aromatic carbocycles. The second-order valence-corrected chi connectivity index (χ2v) is 6.24. The Hall–Kier alpha value is -1.00. The van der Waals surface area contributed by atoms with E-state index in [0.29, 0.717) is 12.5 Å². The highest BCUT2D eigenvalue weighted by Gasteiger charge is 2.10. The fourth-order valence-electron chi connectivity index (χ4n) is 1.93. The zero-order valence-electron chi connectivity index (χ0n) is 11.5. The largest absolute Gasteiger partial charge is 0.486 e. The molecule has 0 spiro atoms. The van der Waals surface area contributed by atoms with Gasteiger partial charge in [-0.1, -0.05) is 32.0 Å². The fourth-order valence-corrected chi connectivity index (χ4v) is 3.19. The number of rotatable bonds is 5. The van der Waals surface area contributed by atoms with Gasteiger partial charge in [-0.3, -0.25) is 0 Å². The molecule has 0 radical (unpaired) electrons. The van der Waals surface area contributed by atoms with Crippen molar-refractivity contribution in [2.75, 3.05) is 0 Å². The Kier molecular flexibility index (Phi) is 4.88. The lowest BCUT2D eigenvalue weighted by atomic mass is 10.0. The zero-order valence-corrected chi connectivity index (χ0v) is 13.2. The summed E-state index contributed by atoms with van der Waals surface area (Å²) in [6.45, 7) is 6.90. The van der Waals surface area contributed by atoms with Gasteiger partial charge in [-0.25, -0.2) is 4.98 Å². The molecule has 0 saturated carbocycles. The molecule has 0 aliphatic carbocycles. The number of para-hydroxylation sites is 1. The summed E-state index contributed by atoms with van der Waals surface area (Å²) in [7, 11) is 0. The quantitative estimate of drug-likeness (QED) is 0.815. The molecule has 2 rings (SSSR count). The van der Waals surface area contributed by atoms with Crippen LogP contribution in [0.2, 0.25) is 0 Å². The molecule has 0 fully saturated rings. The number of aromatic nitrogens is 1. The van der Waals surface area contributed by atoms with Gasteiger partial charge in [0.05, 0.1) is 5.69 Å². The third-order valence-corrected chi connectivity index (χ3v) is 4.63. The number of thiazole rings is 1. The first kappa shape index (κ1) is 14.4. The summed E-state index contributed by atoms with van der Waals surface area (Å²) >= 11 is 5.98. The Bertz CT molecular complexity index is 549. The molecule has 0 saturated heterocycles. The van der Waals surface area contributed by atoms with Gasteiger partial charge >= 0.3 is 0 Å². The van der Waals surface area contributed by atoms with Crippen molar-refractivity contribution in [1.29, 1.82) is 0 Å². The van der Waals surface area contributed by atoms with Crippen molar-refractivity contribution in [2.45, 2.75) is 39.0 Å². The summed E-state index contributed by atoms with van der Waals surface area (Å²) in [5, 5.41) is 1.01. The molecule has 2 aromatic rings. The summed E-state index contributed by atoms with van der Waals surface area (Å²) in [5.41, 5.74) is 2.31. The first-order valence-corrected chi connectivity index (χ1v) is 7.84. The van der Waals surface area contributed by atoms with Crippen molar-refractivity contribution in [2.24, 2.45) is 0 Å². The van der Waals surface area contributed by atoms with Gasteiger partial charge in [-0.15, -0.1) is 11.3 Å². The summed E-state index contributed by atoms with van der Waals surface area (Å²) in [6.07, 6.45) is 0. The Morgan fingerprint density at radius 3 is 2.68 bits per heavy atom.